The van der Waals surface area contributed by atoms with E-state index in [-0.39, 0.29) is 5.82 Å². The van der Waals surface area contributed by atoms with Crippen LogP contribution in [0.1, 0.15) is 30.9 Å². The minimum atomic E-state index is -0.146. The number of nitrogens with two attached hydrogens (primary N) is 1. The summed E-state index contributed by atoms with van der Waals surface area (Å²) in [6.07, 6.45) is 2.36. The van der Waals surface area contributed by atoms with Crippen LogP contribution < -0.4 is 5.73 Å². The van der Waals surface area contributed by atoms with Gasteiger partial charge in [0.2, 0.25) is 0 Å². The summed E-state index contributed by atoms with van der Waals surface area (Å²) in [6, 6.07) is 5.38. The first-order valence-corrected chi connectivity index (χ1v) is 6.79. The fourth-order valence-corrected chi connectivity index (χ4v) is 2.71. The van der Waals surface area contributed by atoms with E-state index in [1.807, 2.05) is 13.0 Å². The van der Waals surface area contributed by atoms with E-state index >= 15 is 0 Å². The molecule has 1 aromatic carbocycles. The van der Waals surface area contributed by atoms with Crippen LogP contribution in [0.5, 0.6) is 0 Å². The number of aryl methyl sites for hydroxylation is 1. The summed E-state index contributed by atoms with van der Waals surface area (Å²) in [6.45, 7) is 7.21. The summed E-state index contributed by atoms with van der Waals surface area (Å²) in [4.78, 5) is 2.44. The van der Waals surface area contributed by atoms with Gasteiger partial charge in [-0.2, -0.15) is 0 Å². The zero-order chi connectivity index (χ0) is 13.1. The van der Waals surface area contributed by atoms with Gasteiger partial charge in [0.05, 0.1) is 0 Å². The summed E-state index contributed by atoms with van der Waals surface area (Å²) in [5.41, 5.74) is 8.22. The van der Waals surface area contributed by atoms with Crippen LogP contribution in [0.3, 0.4) is 0 Å². The first kappa shape index (κ1) is 13.5. The fraction of sp³-hybridized carbons (Fsp3) is 0.600. The Labute approximate surface area is 109 Å². The van der Waals surface area contributed by atoms with Crippen molar-refractivity contribution in [3.63, 3.8) is 0 Å². The number of rotatable bonds is 3. The van der Waals surface area contributed by atoms with Crippen molar-refractivity contribution in [1.82, 2.24) is 4.90 Å². The fourth-order valence-electron chi connectivity index (χ4n) is 2.71. The van der Waals surface area contributed by atoms with Crippen LogP contribution in [0.25, 0.3) is 0 Å². The molecular formula is C15H23FN2. The van der Waals surface area contributed by atoms with Crippen molar-refractivity contribution in [2.45, 2.75) is 39.3 Å². The Kier molecular flexibility index (Phi) is 4.36. The Morgan fingerprint density at radius 2 is 2.06 bits per heavy atom. The van der Waals surface area contributed by atoms with Crippen LogP contribution in [-0.2, 0) is 6.54 Å². The quantitative estimate of drug-likeness (QED) is 0.893. The number of likely N-dealkylation sites (tertiary alicyclic amines) is 1. The van der Waals surface area contributed by atoms with E-state index in [2.05, 4.69) is 11.8 Å². The van der Waals surface area contributed by atoms with E-state index in [1.54, 1.807) is 12.1 Å². The minimum Gasteiger partial charge on any atom is -0.328 e. The Morgan fingerprint density at radius 1 is 1.39 bits per heavy atom. The average molecular weight is 250 g/mol. The molecule has 0 aliphatic carbocycles. The Hall–Kier alpha value is -0.930. The van der Waals surface area contributed by atoms with Gasteiger partial charge in [-0.3, -0.25) is 4.90 Å². The molecule has 0 amide bonds. The highest BCUT2D eigenvalue weighted by molar-refractivity contribution is 5.26. The number of piperidine rings is 1. The van der Waals surface area contributed by atoms with Crippen molar-refractivity contribution in [1.29, 1.82) is 0 Å². The van der Waals surface area contributed by atoms with Gasteiger partial charge < -0.3 is 5.73 Å². The molecule has 0 bridgehead atoms. The van der Waals surface area contributed by atoms with Crippen LogP contribution >= 0.6 is 0 Å². The second-order valence-electron chi connectivity index (χ2n) is 5.54. The standard InChI is InChI=1S/C15H23FN2/c1-11-9-15(16)4-3-14(11)10-18-7-5-13(6-8-18)12(2)17/h3-4,9,12-13H,5-8,10,17H2,1-2H3. The summed E-state index contributed by atoms with van der Waals surface area (Å²) >= 11 is 0. The van der Waals surface area contributed by atoms with Gasteiger partial charge in [0.1, 0.15) is 5.82 Å². The molecule has 1 aromatic rings. The first-order chi connectivity index (χ1) is 8.56. The lowest BCUT2D eigenvalue weighted by Crippen LogP contribution is -2.39. The molecule has 1 fully saturated rings. The molecule has 2 nitrogen and oxygen atoms in total. The van der Waals surface area contributed by atoms with Crippen molar-refractivity contribution in [2.75, 3.05) is 13.1 Å². The maximum atomic E-state index is 13.0. The van der Waals surface area contributed by atoms with Crippen molar-refractivity contribution in [2.24, 2.45) is 11.7 Å². The molecular weight excluding hydrogens is 227 g/mol. The molecule has 0 radical (unpaired) electrons. The molecule has 18 heavy (non-hydrogen) atoms. The molecule has 0 spiro atoms. The predicted molar refractivity (Wildman–Crippen MR) is 72.8 cm³/mol. The van der Waals surface area contributed by atoms with E-state index in [0.29, 0.717) is 12.0 Å². The normalized spacial score (nSPS) is 20.0. The summed E-state index contributed by atoms with van der Waals surface area (Å²) in [5.74, 6) is 0.516. The topological polar surface area (TPSA) is 29.3 Å². The van der Waals surface area contributed by atoms with Crippen LogP contribution in [0.4, 0.5) is 4.39 Å². The molecule has 2 N–H and O–H groups in total. The van der Waals surface area contributed by atoms with Crippen molar-refractivity contribution < 1.29 is 4.39 Å². The zero-order valence-electron chi connectivity index (χ0n) is 11.3. The van der Waals surface area contributed by atoms with Gasteiger partial charge in [0, 0.05) is 12.6 Å². The molecule has 0 saturated carbocycles. The van der Waals surface area contributed by atoms with E-state index in [4.69, 9.17) is 5.73 Å². The smallest absolute Gasteiger partial charge is 0.123 e. The van der Waals surface area contributed by atoms with Crippen LogP contribution in [-0.4, -0.2) is 24.0 Å². The SMILES string of the molecule is Cc1cc(F)ccc1CN1CCC(C(C)N)CC1. The largest absolute Gasteiger partial charge is 0.328 e. The number of hydrogen-bond acceptors (Lipinski definition) is 2. The molecule has 100 valence electrons. The lowest BCUT2D eigenvalue weighted by Gasteiger charge is -2.34. The highest BCUT2D eigenvalue weighted by Crippen LogP contribution is 2.22. The molecule has 2 rings (SSSR count). The van der Waals surface area contributed by atoms with E-state index < -0.39 is 0 Å². The Balaban J connectivity index is 1.91. The zero-order valence-corrected chi connectivity index (χ0v) is 11.3. The Bertz CT molecular complexity index is 395. The summed E-state index contributed by atoms with van der Waals surface area (Å²) in [7, 11) is 0. The molecule has 1 aliphatic heterocycles. The third-order valence-electron chi connectivity index (χ3n) is 4.07. The van der Waals surface area contributed by atoms with Gasteiger partial charge in [-0.1, -0.05) is 6.07 Å². The minimum absolute atomic E-state index is 0.146. The van der Waals surface area contributed by atoms with Gasteiger partial charge >= 0.3 is 0 Å². The van der Waals surface area contributed by atoms with Crippen LogP contribution in [0.15, 0.2) is 18.2 Å². The number of hydrogen-bond donors (Lipinski definition) is 1. The highest BCUT2D eigenvalue weighted by atomic mass is 19.1. The number of halogens is 1. The molecule has 1 saturated heterocycles. The lowest BCUT2D eigenvalue weighted by molar-refractivity contribution is 0.165. The molecule has 1 aliphatic rings. The lowest BCUT2D eigenvalue weighted by atomic mass is 9.90. The maximum absolute atomic E-state index is 13.0. The van der Waals surface area contributed by atoms with Gasteiger partial charge in [-0.15, -0.1) is 0 Å². The third kappa shape index (κ3) is 3.30. The van der Waals surface area contributed by atoms with Gasteiger partial charge in [-0.25, -0.2) is 4.39 Å². The third-order valence-corrected chi connectivity index (χ3v) is 4.07. The van der Waals surface area contributed by atoms with Crippen molar-refractivity contribution in [3.05, 3.63) is 35.1 Å². The summed E-state index contributed by atoms with van der Waals surface area (Å²) in [5, 5.41) is 0. The van der Waals surface area contributed by atoms with Gasteiger partial charge in [0.25, 0.3) is 0 Å². The molecule has 1 unspecified atom stereocenters. The molecule has 3 heteroatoms. The first-order valence-electron chi connectivity index (χ1n) is 6.79. The number of nitrogens with zero attached hydrogens (tertiary/aromatic N) is 1. The van der Waals surface area contributed by atoms with E-state index in [1.165, 1.54) is 18.4 Å². The van der Waals surface area contributed by atoms with Crippen molar-refractivity contribution >= 4 is 0 Å². The number of benzene rings is 1. The highest BCUT2D eigenvalue weighted by Gasteiger charge is 2.21. The van der Waals surface area contributed by atoms with Crippen LogP contribution in [0, 0.1) is 18.7 Å². The van der Waals surface area contributed by atoms with Crippen LogP contribution in [0.2, 0.25) is 0 Å². The molecule has 0 aromatic heterocycles. The monoisotopic (exact) mass is 250 g/mol. The van der Waals surface area contributed by atoms with Gasteiger partial charge in [-0.05, 0) is 69.0 Å². The Morgan fingerprint density at radius 3 is 2.61 bits per heavy atom. The molecule has 1 atom stereocenters. The predicted octanol–water partition coefficient (Wildman–Crippen LogP) is 2.69. The average Bonchev–Trinajstić information content (AvgIpc) is 2.33. The maximum Gasteiger partial charge on any atom is 0.123 e. The summed E-state index contributed by atoms with van der Waals surface area (Å²) < 4.78 is 13.0. The van der Waals surface area contributed by atoms with E-state index in [9.17, 15) is 4.39 Å². The second-order valence-corrected chi connectivity index (χ2v) is 5.54. The van der Waals surface area contributed by atoms with E-state index in [0.717, 1.165) is 25.2 Å². The van der Waals surface area contributed by atoms with Crippen molar-refractivity contribution in [3.8, 4) is 0 Å². The molecule has 1 heterocycles. The second kappa shape index (κ2) is 5.81. The van der Waals surface area contributed by atoms with Gasteiger partial charge in [0.15, 0.2) is 0 Å².